The van der Waals surface area contributed by atoms with Crippen molar-refractivity contribution < 1.29 is 0 Å². The number of anilines is 1. The molecular weight excluding hydrogens is 446 g/mol. The van der Waals surface area contributed by atoms with Crippen molar-refractivity contribution in [3.8, 4) is 17.9 Å². The highest BCUT2D eigenvalue weighted by molar-refractivity contribution is 5.88. The van der Waals surface area contributed by atoms with Crippen LogP contribution in [-0.2, 0) is 20.1 Å². The van der Waals surface area contributed by atoms with E-state index in [-0.39, 0.29) is 36.7 Å². The third kappa shape index (κ3) is 4.86. The van der Waals surface area contributed by atoms with Gasteiger partial charge in [0.2, 0.25) is 5.95 Å². The van der Waals surface area contributed by atoms with Crippen LogP contribution in [0.15, 0.2) is 39.1 Å². The molecule has 3 aromatic rings. The Morgan fingerprint density at radius 3 is 2.74 bits per heavy atom. The van der Waals surface area contributed by atoms with Gasteiger partial charge < -0.3 is 10.6 Å². The maximum Gasteiger partial charge on any atom is 0.332 e. The van der Waals surface area contributed by atoms with Crippen LogP contribution in [0.5, 0.6) is 0 Å². The number of hydrogen-bond acceptors (Lipinski definition) is 8. The van der Waals surface area contributed by atoms with E-state index in [4.69, 9.17) is 10.7 Å². The lowest BCUT2D eigenvalue weighted by Crippen LogP contribution is -2.44. The monoisotopic (exact) mass is 473 g/mol. The molecule has 0 bridgehead atoms. The molecule has 1 aliphatic heterocycles. The first-order valence-electron chi connectivity index (χ1n) is 11.4. The largest absolute Gasteiger partial charge is 0.341 e. The van der Waals surface area contributed by atoms with Crippen molar-refractivity contribution in [2.45, 2.75) is 45.3 Å². The number of nitrogens with two attached hydrogens (primary N) is 1. The number of hydrogen-bond donors (Lipinski definition) is 1. The van der Waals surface area contributed by atoms with Crippen LogP contribution in [-0.4, -0.2) is 48.5 Å². The Balaban J connectivity index is 1.88. The minimum atomic E-state index is -0.531. The summed E-state index contributed by atoms with van der Waals surface area (Å²) in [5, 5.41) is 9.31. The fraction of sp³-hybridized carbons (Fsp3) is 0.417. The summed E-state index contributed by atoms with van der Waals surface area (Å²) in [5.74, 6) is 6.46. The van der Waals surface area contributed by atoms with Crippen LogP contribution in [0.25, 0.3) is 11.2 Å². The Morgan fingerprint density at radius 1 is 1.29 bits per heavy atom. The zero-order chi connectivity index (χ0) is 24.9. The third-order valence-corrected chi connectivity index (χ3v) is 5.94. The lowest BCUT2D eigenvalue weighted by Gasteiger charge is -2.31. The topological polar surface area (TPSA) is 140 Å². The highest BCUT2D eigenvalue weighted by atomic mass is 16.2. The molecule has 11 heteroatoms. The zero-order valence-corrected chi connectivity index (χ0v) is 19.8. The van der Waals surface area contributed by atoms with Gasteiger partial charge in [-0.05, 0) is 31.9 Å². The molecule has 4 heterocycles. The minimum Gasteiger partial charge on any atom is -0.341 e. The average Bonchev–Trinajstić information content (AvgIpc) is 3.24. The molecule has 1 fully saturated rings. The van der Waals surface area contributed by atoms with Crippen molar-refractivity contribution in [2.24, 2.45) is 17.8 Å². The maximum atomic E-state index is 13.7. The van der Waals surface area contributed by atoms with Crippen molar-refractivity contribution in [3.05, 3.63) is 45.4 Å². The van der Waals surface area contributed by atoms with Crippen LogP contribution in [0, 0.1) is 23.2 Å². The number of aromatic nitrogens is 5. The fourth-order valence-electron chi connectivity index (χ4n) is 4.25. The lowest BCUT2D eigenvalue weighted by molar-refractivity contribution is 0.496. The van der Waals surface area contributed by atoms with Crippen LogP contribution in [0.3, 0.4) is 0 Å². The molecule has 4 rings (SSSR count). The lowest BCUT2D eigenvalue weighted by atomic mass is 10.1. The maximum absolute atomic E-state index is 13.7. The number of nitriles is 1. The van der Waals surface area contributed by atoms with Crippen LogP contribution in [0.2, 0.25) is 0 Å². The average molecular weight is 474 g/mol. The molecular formula is C24H27N9O2. The summed E-state index contributed by atoms with van der Waals surface area (Å²) < 4.78 is 4.21. The molecule has 1 saturated heterocycles. The number of aliphatic imine (C=N–C) groups is 1. The summed E-state index contributed by atoms with van der Waals surface area (Å²) in [6.45, 7) is 3.22. The number of pyridine rings is 1. The third-order valence-electron chi connectivity index (χ3n) is 5.94. The molecule has 0 spiro atoms. The number of nitrogens with zero attached hydrogens (tertiary/aromatic N) is 8. The molecule has 35 heavy (non-hydrogen) atoms. The molecule has 0 radical (unpaired) electrons. The van der Waals surface area contributed by atoms with Gasteiger partial charge >= 0.3 is 5.69 Å². The van der Waals surface area contributed by atoms with Gasteiger partial charge in [-0.3, -0.25) is 28.5 Å². The molecule has 0 aliphatic carbocycles. The van der Waals surface area contributed by atoms with E-state index in [1.807, 2.05) is 4.90 Å². The molecule has 3 aromatic heterocycles. The summed E-state index contributed by atoms with van der Waals surface area (Å²) in [4.78, 5) is 42.1. The van der Waals surface area contributed by atoms with E-state index >= 15 is 0 Å². The first kappa shape index (κ1) is 23.9. The first-order chi connectivity index (χ1) is 16.9. The number of rotatable bonds is 6. The van der Waals surface area contributed by atoms with Gasteiger partial charge in [0.05, 0.1) is 37.0 Å². The van der Waals surface area contributed by atoms with Gasteiger partial charge in [-0.1, -0.05) is 5.92 Å². The SMILES string of the molecule is CC#CCn1c(N2CCCC(N)C2)nc2c1c(=O)n(CC(CC#N)=Nc1ccncc1)c(=O)n2C. The number of fused-ring (bicyclic) bond motifs is 1. The van der Waals surface area contributed by atoms with E-state index in [1.54, 1.807) is 43.1 Å². The van der Waals surface area contributed by atoms with Gasteiger partial charge in [0.25, 0.3) is 5.56 Å². The molecule has 0 saturated carbocycles. The van der Waals surface area contributed by atoms with E-state index in [1.165, 1.54) is 4.57 Å². The summed E-state index contributed by atoms with van der Waals surface area (Å²) in [5.41, 5.74) is 6.70. The molecule has 0 amide bonds. The van der Waals surface area contributed by atoms with Gasteiger partial charge in [0, 0.05) is 38.6 Å². The molecule has 1 aliphatic rings. The Morgan fingerprint density at radius 2 is 2.06 bits per heavy atom. The highest BCUT2D eigenvalue weighted by Crippen LogP contribution is 2.23. The second kappa shape index (κ2) is 10.4. The van der Waals surface area contributed by atoms with Crippen LogP contribution >= 0.6 is 0 Å². The molecule has 180 valence electrons. The van der Waals surface area contributed by atoms with E-state index in [0.29, 0.717) is 23.9 Å². The van der Waals surface area contributed by atoms with Crippen LogP contribution in [0.4, 0.5) is 11.6 Å². The van der Waals surface area contributed by atoms with Gasteiger partial charge in [0.1, 0.15) is 0 Å². The van der Waals surface area contributed by atoms with E-state index in [2.05, 4.69) is 27.9 Å². The predicted octanol–water partition coefficient (Wildman–Crippen LogP) is 0.929. The first-order valence-corrected chi connectivity index (χ1v) is 11.4. The van der Waals surface area contributed by atoms with E-state index < -0.39 is 11.2 Å². The summed E-state index contributed by atoms with van der Waals surface area (Å²) in [6.07, 6.45) is 4.97. The van der Waals surface area contributed by atoms with E-state index in [0.717, 1.165) is 24.0 Å². The Kier molecular flexibility index (Phi) is 7.09. The van der Waals surface area contributed by atoms with Crippen LogP contribution in [0.1, 0.15) is 26.2 Å². The van der Waals surface area contributed by atoms with Gasteiger partial charge in [-0.2, -0.15) is 10.2 Å². The summed E-state index contributed by atoms with van der Waals surface area (Å²) in [7, 11) is 1.58. The van der Waals surface area contributed by atoms with Gasteiger partial charge in [-0.15, -0.1) is 5.92 Å². The normalized spacial score (nSPS) is 16.1. The smallest absolute Gasteiger partial charge is 0.332 e. The van der Waals surface area contributed by atoms with E-state index in [9.17, 15) is 14.9 Å². The van der Waals surface area contributed by atoms with Crippen molar-refractivity contribution >= 4 is 28.5 Å². The number of aryl methyl sites for hydroxylation is 1. The van der Waals surface area contributed by atoms with Crippen molar-refractivity contribution in [3.63, 3.8) is 0 Å². The van der Waals surface area contributed by atoms with Crippen molar-refractivity contribution in [1.82, 2.24) is 23.7 Å². The Bertz CT molecular complexity index is 1480. The highest BCUT2D eigenvalue weighted by Gasteiger charge is 2.26. The standard InChI is InChI=1S/C24H27N9O2/c1-3-4-14-32-20-21(29-23(32)31-13-5-6-17(26)15-31)30(2)24(35)33(22(20)34)16-19(7-10-25)28-18-8-11-27-12-9-18/h8-9,11-12,17H,5-7,13-16,26H2,1-2H3. The second-order valence-corrected chi connectivity index (χ2v) is 8.40. The molecule has 0 aromatic carbocycles. The summed E-state index contributed by atoms with van der Waals surface area (Å²) >= 11 is 0. The molecule has 1 unspecified atom stereocenters. The quantitative estimate of drug-likeness (QED) is 0.415. The van der Waals surface area contributed by atoms with Crippen molar-refractivity contribution in [2.75, 3.05) is 18.0 Å². The Labute approximate surface area is 202 Å². The van der Waals surface area contributed by atoms with Crippen molar-refractivity contribution in [1.29, 1.82) is 5.26 Å². The van der Waals surface area contributed by atoms with Gasteiger partial charge in [-0.25, -0.2) is 4.79 Å². The predicted molar refractivity (Wildman–Crippen MR) is 134 cm³/mol. The Hall–Kier alpha value is -4.22. The zero-order valence-electron chi connectivity index (χ0n) is 19.8. The molecule has 1 atom stereocenters. The van der Waals surface area contributed by atoms with Gasteiger partial charge in [0.15, 0.2) is 11.2 Å². The number of piperidine rings is 1. The van der Waals surface area contributed by atoms with Crippen LogP contribution < -0.4 is 21.9 Å². The molecule has 11 nitrogen and oxygen atoms in total. The fourth-order valence-corrected chi connectivity index (χ4v) is 4.25. The second-order valence-electron chi connectivity index (χ2n) is 8.40. The minimum absolute atomic E-state index is 0.00712. The molecule has 2 N–H and O–H groups in total. The number of imidazole rings is 1. The summed E-state index contributed by atoms with van der Waals surface area (Å²) in [6, 6.07) is 5.45.